The van der Waals surface area contributed by atoms with E-state index in [1.807, 2.05) is 0 Å². The minimum atomic E-state index is 0.359. The van der Waals surface area contributed by atoms with Crippen LogP contribution in [0.15, 0.2) is 175 Å². The quantitative estimate of drug-likeness (QED) is 0.176. The fourth-order valence-electron chi connectivity index (χ4n) is 9.66. The monoisotopic (exact) mass is 689 g/mol. The van der Waals surface area contributed by atoms with E-state index >= 15 is 0 Å². The fraction of sp³-hybridized carbons (Fsp3) is 0.0784. The van der Waals surface area contributed by atoms with Crippen molar-refractivity contribution >= 4 is 87.7 Å². The van der Waals surface area contributed by atoms with Crippen LogP contribution < -0.4 is 0 Å². The van der Waals surface area contributed by atoms with Gasteiger partial charge >= 0.3 is 0 Å². The molecule has 10 aromatic rings. The maximum atomic E-state index is 5.49. The van der Waals surface area contributed by atoms with Gasteiger partial charge in [0.15, 0.2) is 0 Å². The minimum absolute atomic E-state index is 0.359. The predicted molar refractivity (Wildman–Crippen MR) is 229 cm³/mol. The summed E-state index contributed by atoms with van der Waals surface area (Å²) in [5, 5.41) is 10.3. The highest BCUT2D eigenvalue weighted by molar-refractivity contribution is 6.35. The molecule has 0 saturated carbocycles. The largest absolute Gasteiger partial charge is 0.309 e. The summed E-state index contributed by atoms with van der Waals surface area (Å²) >= 11 is 0. The highest BCUT2D eigenvalue weighted by atomic mass is 15.0. The number of allylic oxidation sites excluding steroid dienone is 5. The van der Waals surface area contributed by atoms with Gasteiger partial charge in [0.1, 0.15) is 0 Å². The zero-order valence-electron chi connectivity index (χ0n) is 29.7. The Balaban J connectivity index is 1.10. The lowest BCUT2D eigenvalue weighted by Gasteiger charge is -2.23. The first-order valence-corrected chi connectivity index (χ1v) is 19.2. The van der Waals surface area contributed by atoms with Crippen LogP contribution in [0.1, 0.15) is 30.4 Å². The average Bonchev–Trinajstić information content (AvgIpc) is 3.86. The lowest BCUT2D eigenvalue weighted by Crippen LogP contribution is -2.14. The SMILES string of the molecule is C1=CC2=N/C(c3ccc4ccccc4c3)=C(/c3ccc(-n4c5ccccc5c5c6c7ccccc7n7c8ccccc8c(cc54)c67)cc3)CCCC2C=C1. The van der Waals surface area contributed by atoms with E-state index in [9.17, 15) is 0 Å². The zero-order valence-corrected chi connectivity index (χ0v) is 29.7. The molecule has 2 aliphatic rings. The molecule has 1 aliphatic heterocycles. The van der Waals surface area contributed by atoms with Crippen molar-refractivity contribution in [3.63, 3.8) is 0 Å². The number of hydrogen-bond acceptors (Lipinski definition) is 1. The first kappa shape index (κ1) is 29.8. The molecule has 54 heavy (non-hydrogen) atoms. The molecule has 3 heteroatoms. The molecule has 0 saturated heterocycles. The Morgan fingerprint density at radius 1 is 0.537 bits per heavy atom. The summed E-state index contributed by atoms with van der Waals surface area (Å²) in [6.45, 7) is 0. The third-order valence-electron chi connectivity index (χ3n) is 12.1. The molecule has 1 unspecified atom stereocenters. The molecule has 7 aromatic carbocycles. The molecule has 4 heterocycles. The summed E-state index contributed by atoms with van der Waals surface area (Å²) in [5.41, 5.74) is 13.4. The first-order chi connectivity index (χ1) is 26.8. The molecule has 1 atom stereocenters. The summed E-state index contributed by atoms with van der Waals surface area (Å²) in [5.74, 6) is 0.359. The van der Waals surface area contributed by atoms with Crippen LogP contribution in [-0.2, 0) is 0 Å². The Labute approximate surface area is 312 Å². The Morgan fingerprint density at radius 3 is 2.06 bits per heavy atom. The summed E-state index contributed by atoms with van der Waals surface area (Å²) in [6.07, 6.45) is 12.0. The van der Waals surface area contributed by atoms with Gasteiger partial charge in [-0.1, -0.05) is 121 Å². The normalized spacial score (nSPS) is 17.7. The highest BCUT2D eigenvalue weighted by Crippen LogP contribution is 2.47. The number of nitrogens with zero attached hydrogens (tertiary/aromatic N) is 3. The zero-order chi connectivity index (χ0) is 35.3. The number of benzene rings is 7. The van der Waals surface area contributed by atoms with Gasteiger partial charge in [0.25, 0.3) is 0 Å². The minimum Gasteiger partial charge on any atom is -0.309 e. The molecule has 0 radical (unpaired) electrons. The second-order valence-corrected chi connectivity index (χ2v) is 15.0. The van der Waals surface area contributed by atoms with Gasteiger partial charge in [-0.05, 0) is 89.7 Å². The van der Waals surface area contributed by atoms with Crippen LogP contribution in [0.2, 0.25) is 0 Å². The van der Waals surface area contributed by atoms with E-state index in [0.29, 0.717) is 5.92 Å². The lowest BCUT2D eigenvalue weighted by atomic mass is 9.87. The molecule has 1 aliphatic carbocycles. The predicted octanol–water partition coefficient (Wildman–Crippen LogP) is 13.3. The Bertz CT molecular complexity index is 3290. The van der Waals surface area contributed by atoms with Crippen LogP contribution >= 0.6 is 0 Å². The van der Waals surface area contributed by atoms with Crippen molar-refractivity contribution in [1.82, 2.24) is 8.97 Å². The summed E-state index contributed by atoms with van der Waals surface area (Å²) in [4.78, 5) is 5.49. The molecule has 254 valence electrons. The third-order valence-corrected chi connectivity index (χ3v) is 12.1. The standard InChI is InChI=1S/C51H35N3/c1-2-14-35-30-36(25-24-32(35)12-1)50-38(19-11-15-34-13-3-7-20-43(34)52-50)33-26-28-37(29-27-33)53-45-22-9-5-17-40(45)48-47(53)31-42-39-16-4-8-21-44(39)54-46-23-10-6-18-41(46)49(48)51(42)54/h1-10,12-14,16-18,20-31,34H,11,15,19H2/b50-38+,52-43?. The van der Waals surface area contributed by atoms with Gasteiger partial charge in [-0.3, -0.25) is 4.99 Å². The number of aliphatic imine (C=N–C) groups is 1. The van der Waals surface area contributed by atoms with Crippen LogP contribution in [0.3, 0.4) is 0 Å². The summed E-state index contributed by atoms with van der Waals surface area (Å²) < 4.78 is 4.97. The molecule has 12 rings (SSSR count). The van der Waals surface area contributed by atoms with Crippen molar-refractivity contribution in [2.24, 2.45) is 10.9 Å². The number of aromatic nitrogens is 2. The van der Waals surface area contributed by atoms with Crippen molar-refractivity contribution in [1.29, 1.82) is 0 Å². The van der Waals surface area contributed by atoms with Gasteiger partial charge in [-0.25, -0.2) is 0 Å². The van der Waals surface area contributed by atoms with E-state index in [1.165, 1.54) is 87.4 Å². The first-order valence-electron chi connectivity index (χ1n) is 19.2. The number of para-hydroxylation sites is 3. The molecular formula is C51H35N3. The highest BCUT2D eigenvalue weighted by Gasteiger charge is 2.25. The van der Waals surface area contributed by atoms with Crippen molar-refractivity contribution in [3.05, 3.63) is 181 Å². The van der Waals surface area contributed by atoms with Crippen molar-refractivity contribution in [2.45, 2.75) is 19.3 Å². The Kier molecular flexibility index (Phi) is 6.29. The second kappa shape index (κ2) is 11.4. The van der Waals surface area contributed by atoms with Gasteiger partial charge in [-0.2, -0.15) is 0 Å². The van der Waals surface area contributed by atoms with Gasteiger partial charge in [0.05, 0.1) is 33.3 Å². The van der Waals surface area contributed by atoms with Crippen molar-refractivity contribution < 1.29 is 0 Å². The van der Waals surface area contributed by atoms with Crippen LogP contribution in [0.25, 0.3) is 87.6 Å². The molecule has 0 spiro atoms. The van der Waals surface area contributed by atoms with Gasteiger partial charge < -0.3 is 8.97 Å². The number of fused-ring (bicyclic) bond motifs is 12. The maximum absolute atomic E-state index is 5.49. The van der Waals surface area contributed by atoms with Crippen molar-refractivity contribution in [2.75, 3.05) is 0 Å². The van der Waals surface area contributed by atoms with E-state index < -0.39 is 0 Å². The fourth-order valence-corrected chi connectivity index (χ4v) is 9.66. The molecular weight excluding hydrogens is 655 g/mol. The smallest absolute Gasteiger partial charge is 0.0743 e. The van der Waals surface area contributed by atoms with Crippen LogP contribution in [0.5, 0.6) is 0 Å². The number of rotatable bonds is 3. The molecule has 0 amide bonds. The van der Waals surface area contributed by atoms with E-state index in [0.717, 1.165) is 36.4 Å². The average molecular weight is 690 g/mol. The van der Waals surface area contributed by atoms with Gasteiger partial charge in [-0.15, -0.1) is 0 Å². The summed E-state index contributed by atoms with van der Waals surface area (Å²) in [7, 11) is 0. The maximum Gasteiger partial charge on any atom is 0.0743 e. The molecule has 0 fully saturated rings. The molecule has 0 bridgehead atoms. The van der Waals surface area contributed by atoms with E-state index in [4.69, 9.17) is 4.99 Å². The van der Waals surface area contributed by atoms with E-state index in [1.54, 1.807) is 0 Å². The Morgan fingerprint density at radius 2 is 1.22 bits per heavy atom. The molecule has 3 aromatic heterocycles. The third kappa shape index (κ3) is 4.21. The van der Waals surface area contributed by atoms with Crippen LogP contribution in [-0.4, -0.2) is 14.7 Å². The van der Waals surface area contributed by atoms with Crippen LogP contribution in [0, 0.1) is 5.92 Å². The van der Waals surface area contributed by atoms with E-state index in [-0.39, 0.29) is 0 Å². The summed E-state index contributed by atoms with van der Waals surface area (Å²) in [6, 6.07) is 53.9. The molecule has 0 N–H and O–H groups in total. The van der Waals surface area contributed by atoms with Crippen LogP contribution in [0.4, 0.5) is 0 Å². The second-order valence-electron chi connectivity index (χ2n) is 15.0. The Hall–Kier alpha value is -6.71. The van der Waals surface area contributed by atoms with Gasteiger partial charge in [0, 0.05) is 55.2 Å². The topological polar surface area (TPSA) is 21.7 Å². The van der Waals surface area contributed by atoms with E-state index in [2.05, 4.69) is 179 Å². The molecule has 3 nitrogen and oxygen atoms in total. The number of hydrogen-bond donors (Lipinski definition) is 0. The van der Waals surface area contributed by atoms with Crippen molar-refractivity contribution in [3.8, 4) is 5.69 Å². The van der Waals surface area contributed by atoms with Gasteiger partial charge in [0.2, 0.25) is 0 Å². The lowest BCUT2D eigenvalue weighted by molar-refractivity contribution is 0.688.